The van der Waals surface area contributed by atoms with Crippen molar-refractivity contribution in [2.75, 3.05) is 19.6 Å². The van der Waals surface area contributed by atoms with Gasteiger partial charge in [-0.05, 0) is 31.6 Å². The quantitative estimate of drug-likeness (QED) is 0.891. The van der Waals surface area contributed by atoms with Gasteiger partial charge in [0.15, 0.2) is 0 Å². The lowest BCUT2D eigenvalue weighted by Crippen LogP contribution is -2.39. The van der Waals surface area contributed by atoms with Crippen LogP contribution in [0.4, 0.5) is 0 Å². The normalized spacial score (nSPS) is 22.3. The fourth-order valence-electron chi connectivity index (χ4n) is 4.57. The van der Waals surface area contributed by atoms with Crippen molar-refractivity contribution >= 4 is 18.3 Å². The van der Waals surface area contributed by atoms with Gasteiger partial charge in [0.2, 0.25) is 5.91 Å². The van der Waals surface area contributed by atoms with Crippen molar-refractivity contribution in [1.29, 1.82) is 0 Å². The average molecular weight is 368 g/mol. The van der Waals surface area contributed by atoms with Crippen molar-refractivity contribution in [2.24, 2.45) is 5.92 Å². The zero-order valence-electron chi connectivity index (χ0n) is 15.0. The predicted octanol–water partition coefficient (Wildman–Crippen LogP) is 2.48. The molecule has 0 spiro atoms. The first kappa shape index (κ1) is 18.6. The van der Waals surface area contributed by atoms with Crippen molar-refractivity contribution in [3.8, 4) is 0 Å². The molecule has 0 radical (unpaired) electrons. The second-order valence-electron chi connectivity index (χ2n) is 7.67. The Hall–Kier alpha value is -1.14. The zero-order chi connectivity index (χ0) is 16.4. The third kappa shape index (κ3) is 4.17. The fraction of sp³-hybridized carbons (Fsp3) is 0.833. The van der Waals surface area contributed by atoms with E-state index in [-0.39, 0.29) is 12.4 Å². The summed E-state index contributed by atoms with van der Waals surface area (Å²) in [7, 11) is 0. The van der Waals surface area contributed by atoms with Gasteiger partial charge in [-0.25, -0.2) is 0 Å². The first-order valence-corrected chi connectivity index (χ1v) is 9.71. The lowest BCUT2D eigenvalue weighted by Gasteiger charge is -2.33. The minimum absolute atomic E-state index is 0. The Bertz CT molecular complexity index is 576. The number of nitrogens with zero attached hydrogens (tertiary/aromatic N) is 4. The predicted molar refractivity (Wildman–Crippen MR) is 98.7 cm³/mol. The maximum absolute atomic E-state index is 12.6. The van der Waals surface area contributed by atoms with E-state index in [9.17, 15) is 4.79 Å². The van der Waals surface area contributed by atoms with Crippen LogP contribution in [0.1, 0.15) is 68.9 Å². The molecule has 1 amide bonds. The molecule has 2 aliphatic heterocycles. The maximum Gasteiger partial charge on any atom is 0.222 e. The largest absolute Gasteiger partial charge is 0.343 e. The number of carbonyl (C=O) groups excluding carboxylic acids is 1. The van der Waals surface area contributed by atoms with Crippen LogP contribution in [0.15, 0.2) is 0 Å². The van der Waals surface area contributed by atoms with E-state index < -0.39 is 0 Å². The van der Waals surface area contributed by atoms with E-state index in [1.165, 1.54) is 32.1 Å². The van der Waals surface area contributed by atoms with E-state index in [4.69, 9.17) is 0 Å². The van der Waals surface area contributed by atoms with Gasteiger partial charge in [-0.3, -0.25) is 4.79 Å². The first-order valence-electron chi connectivity index (χ1n) is 9.71. The Morgan fingerprint density at radius 2 is 1.80 bits per heavy atom. The van der Waals surface area contributed by atoms with Gasteiger partial charge >= 0.3 is 0 Å². The molecular weight excluding hydrogens is 338 g/mol. The lowest BCUT2D eigenvalue weighted by molar-refractivity contribution is -0.133. The molecule has 7 heteroatoms. The van der Waals surface area contributed by atoms with Crippen LogP contribution in [0, 0.1) is 5.92 Å². The topological polar surface area (TPSA) is 63.1 Å². The van der Waals surface area contributed by atoms with Crippen molar-refractivity contribution in [1.82, 2.24) is 25.0 Å². The molecule has 0 atom stereocenters. The summed E-state index contributed by atoms with van der Waals surface area (Å²) in [6.45, 7) is 4.56. The van der Waals surface area contributed by atoms with Crippen LogP contribution in [0.2, 0.25) is 0 Å². The Labute approximate surface area is 156 Å². The number of halogens is 1. The summed E-state index contributed by atoms with van der Waals surface area (Å²) in [5.74, 6) is 3.69. The van der Waals surface area contributed by atoms with Crippen LogP contribution in [0.3, 0.4) is 0 Å². The molecule has 1 saturated carbocycles. The Balaban J connectivity index is 0.00000182. The van der Waals surface area contributed by atoms with Crippen molar-refractivity contribution in [2.45, 2.75) is 70.4 Å². The highest BCUT2D eigenvalue weighted by Gasteiger charge is 2.29. The molecular formula is C18H30ClN5O. The lowest BCUT2D eigenvalue weighted by atomic mass is 9.86. The highest BCUT2D eigenvalue weighted by Crippen LogP contribution is 2.30. The zero-order valence-corrected chi connectivity index (χ0v) is 15.8. The summed E-state index contributed by atoms with van der Waals surface area (Å²) < 4.78 is 2.29. The molecule has 1 aromatic rings. The molecule has 140 valence electrons. The fourth-order valence-corrected chi connectivity index (χ4v) is 4.57. The van der Waals surface area contributed by atoms with E-state index >= 15 is 0 Å². The van der Waals surface area contributed by atoms with Gasteiger partial charge in [-0.15, -0.1) is 22.6 Å². The molecule has 1 aliphatic carbocycles. The summed E-state index contributed by atoms with van der Waals surface area (Å²) in [6, 6.07) is 0. The van der Waals surface area contributed by atoms with E-state index in [0.717, 1.165) is 63.6 Å². The van der Waals surface area contributed by atoms with Gasteiger partial charge < -0.3 is 14.8 Å². The molecule has 0 unspecified atom stereocenters. The number of hydrogen-bond acceptors (Lipinski definition) is 4. The second-order valence-corrected chi connectivity index (χ2v) is 7.67. The molecule has 6 nitrogen and oxygen atoms in total. The molecule has 0 aromatic carbocycles. The molecule has 1 saturated heterocycles. The smallest absolute Gasteiger partial charge is 0.222 e. The standard InChI is InChI=1S/C18H29N5O.ClH/c24-17(12-14-4-2-1-3-5-14)22-9-6-15(7-10-22)18-21-20-16-13-19-8-11-23(16)18;/h14-15,19H,1-13H2;1H. The van der Waals surface area contributed by atoms with Crippen molar-refractivity contribution in [3.05, 3.63) is 11.6 Å². The number of carbonyl (C=O) groups is 1. The summed E-state index contributed by atoms with van der Waals surface area (Å²) in [4.78, 5) is 14.7. The van der Waals surface area contributed by atoms with Gasteiger partial charge in [0.25, 0.3) is 0 Å². The number of amides is 1. The third-order valence-electron chi connectivity index (χ3n) is 6.05. The molecule has 2 fully saturated rings. The summed E-state index contributed by atoms with van der Waals surface area (Å²) >= 11 is 0. The van der Waals surface area contributed by atoms with Crippen LogP contribution in [0.25, 0.3) is 0 Å². The minimum Gasteiger partial charge on any atom is -0.343 e. The van der Waals surface area contributed by atoms with E-state index in [2.05, 4.69) is 25.0 Å². The summed E-state index contributed by atoms with van der Waals surface area (Å²) in [5, 5.41) is 12.1. The Kier molecular flexibility index (Phi) is 6.34. The van der Waals surface area contributed by atoms with Crippen LogP contribution in [-0.4, -0.2) is 45.2 Å². The van der Waals surface area contributed by atoms with Gasteiger partial charge in [0.05, 0.1) is 6.54 Å². The number of aromatic nitrogens is 3. The number of hydrogen-bond donors (Lipinski definition) is 1. The molecule has 3 heterocycles. The third-order valence-corrected chi connectivity index (χ3v) is 6.05. The monoisotopic (exact) mass is 367 g/mol. The number of fused-ring (bicyclic) bond motifs is 1. The first-order chi connectivity index (χ1) is 11.8. The number of rotatable bonds is 3. The summed E-state index contributed by atoms with van der Waals surface area (Å²) in [5.41, 5.74) is 0. The Morgan fingerprint density at radius 1 is 1.04 bits per heavy atom. The molecule has 1 N–H and O–H groups in total. The number of nitrogens with one attached hydrogen (secondary N) is 1. The van der Waals surface area contributed by atoms with Gasteiger partial charge in [0, 0.05) is 38.5 Å². The summed E-state index contributed by atoms with van der Waals surface area (Å²) in [6.07, 6.45) is 9.32. The van der Waals surface area contributed by atoms with E-state index in [1.54, 1.807) is 0 Å². The molecule has 25 heavy (non-hydrogen) atoms. The number of likely N-dealkylation sites (tertiary alicyclic amines) is 1. The van der Waals surface area contributed by atoms with Gasteiger partial charge in [0.1, 0.15) is 11.6 Å². The van der Waals surface area contributed by atoms with Crippen LogP contribution in [0.5, 0.6) is 0 Å². The van der Waals surface area contributed by atoms with Crippen LogP contribution < -0.4 is 5.32 Å². The van der Waals surface area contributed by atoms with E-state index in [0.29, 0.717) is 17.7 Å². The SMILES string of the molecule is Cl.O=C(CC1CCCCC1)N1CCC(c2nnc3n2CCNC3)CC1. The molecule has 4 rings (SSSR count). The van der Waals surface area contributed by atoms with Gasteiger partial charge in [-0.1, -0.05) is 19.3 Å². The molecule has 3 aliphatic rings. The van der Waals surface area contributed by atoms with E-state index in [1.807, 2.05) is 0 Å². The minimum atomic E-state index is 0. The molecule has 1 aromatic heterocycles. The average Bonchev–Trinajstić information content (AvgIpc) is 3.07. The maximum atomic E-state index is 12.6. The van der Waals surface area contributed by atoms with Crippen molar-refractivity contribution < 1.29 is 4.79 Å². The van der Waals surface area contributed by atoms with Crippen molar-refractivity contribution in [3.63, 3.8) is 0 Å². The molecule has 0 bridgehead atoms. The highest BCUT2D eigenvalue weighted by atomic mass is 35.5. The Morgan fingerprint density at radius 3 is 2.56 bits per heavy atom. The number of piperidine rings is 1. The van der Waals surface area contributed by atoms with Gasteiger partial charge in [-0.2, -0.15) is 0 Å². The highest BCUT2D eigenvalue weighted by molar-refractivity contribution is 5.85. The van der Waals surface area contributed by atoms with Crippen LogP contribution in [-0.2, 0) is 17.9 Å². The van der Waals surface area contributed by atoms with Crippen LogP contribution >= 0.6 is 12.4 Å². The second kappa shape index (κ2) is 8.49.